The van der Waals surface area contributed by atoms with Gasteiger partial charge in [0.05, 0.1) is 0 Å². The monoisotopic (exact) mass is 459 g/mol. The average Bonchev–Trinajstić information content (AvgIpc) is 2.63. The van der Waals surface area contributed by atoms with Crippen LogP contribution in [0.15, 0.2) is 30.3 Å². The van der Waals surface area contributed by atoms with E-state index >= 15 is 0 Å². The molecule has 2 nitrogen and oxygen atoms in total. The van der Waals surface area contributed by atoms with Crippen LogP contribution in [-0.4, -0.2) is 23.1 Å². The van der Waals surface area contributed by atoms with E-state index in [1.165, 1.54) is 54.3 Å². The molecule has 0 aliphatic carbocycles. The van der Waals surface area contributed by atoms with E-state index in [2.05, 4.69) is 49.1 Å². The third-order valence-electron chi connectivity index (χ3n) is 4.91. The van der Waals surface area contributed by atoms with Gasteiger partial charge in [0.15, 0.2) is 0 Å². The summed E-state index contributed by atoms with van der Waals surface area (Å²) in [7, 11) is 10.3. The number of aromatic hydroxyl groups is 1. The Labute approximate surface area is 182 Å². The van der Waals surface area contributed by atoms with Gasteiger partial charge in [-0.25, -0.2) is 0 Å². The van der Waals surface area contributed by atoms with Crippen molar-refractivity contribution < 1.29 is 22.1 Å². The summed E-state index contributed by atoms with van der Waals surface area (Å²) in [6.07, 6.45) is 4.01. The Hall–Kier alpha value is -0.0757. The molecule has 0 spiro atoms. The van der Waals surface area contributed by atoms with Gasteiger partial charge in [-0.2, -0.15) is 0 Å². The minimum atomic E-state index is -0.556. The summed E-state index contributed by atoms with van der Waals surface area (Å²) in [6, 6.07) is 10.8. The molecule has 1 aliphatic rings. The second-order valence-corrected chi connectivity index (χ2v) is 11.0. The number of phenols is 1. The fourth-order valence-corrected chi connectivity index (χ4v) is 5.08. The van der Waals surface area contributed by atoms with Crippen LogP contribution < -0.4 is 10.6 Å². The summed E-state index contributed by atoms with van der Waals surface area (Å²) in [6.45, 7) is 9.75. The first-order chi connectivity index (χ1) is 13.0. The Morgan fingerprint density at radius 2 is 1.70 bits per heavy atom. The molecule has 1 N–H and O–H groups in total. The number of nitrogens with zero attached hydrogens (tertiary/aromatic N) is 1. The van der Waals surface area contributed by atoms with Gasteiger partial charge in [-0.05, 0) is 80.3 Å². The first-order valence-electron chi connectivity index (χ1n) is 9.30. The molecule has 1 fully saturated rings. The Balaban J connectivity index is 0.000000817. The molecule has 146 valence electrons. The zero-order valence-corrected chi connectivity index (χ0v) is 20.4. The van der Waals surface area contributed by atoms with E-state index in [9.17, 15) is 5.11 Å². The Morgan fingerprint density at radius 3 is 2.37 bits per heavy atom. The number of likely N-dealkylation sites (tertiary alicyclic amines) is 1. The third kappa shape index (κ3) is 7.04. The van der Waals surface area contributed by atoms with Gasteiger partial charge in [-0.1, -0.05) is 39.3 Å². The molecule has 3 rings (SSSR count). The van der Waals surface area contributed by atoms with Crippen LogP contribution in [-0.2, 0) is 23.6 Å². The fourth-order valence-electron chi connectivity index (χ4n) is 3.59. The summed E-state index contributed by atoms with van der Waals surface area (Å²) in [5.41, 5.74) is 4.96. The van der Waals surface area contributed by atoms with Crippen molar-refractivity contribution in [2.75, 3.05) is 13.1 Å². The normalized spacial score (nSPS) is 14.9. The van der Waals surface area contributed by atoms with Crippen LogP contribution in [0.3, 0.4) is 0 Å². The second kappa shape index (κ2) is 11.8. The summed E-state index contributed by atoms with van der Waals surface area (Å²) >= 11 is -0.556. The summed E-state index contributed by atoms with van der Waals surface area (Å²) < 4.78 is 0. The van der Waals surface area contributed by atoms with Crippen LogP contribution in [0.5, 0.6) is 5.75 Å². The number of hydrogen-bond donors (Lipinski definition) is 1. The van der Waals surface area contributed by atoms with Crippen LogP contribution >= 0.6 is 27.2 Å². The number of piperidine rings is 1. The number of benzene rings is 2. The summed E-state index contributed by atoms with van der Waals surface area (Å²) in [5, 5.41) is 13.0. The van der Waals surface area contributed by atoms with E-state index in [4.69, 9.17) is 18.6 Å². The van der Waals surface area contributed by atoms with Gasteiger partial charge in [0.1, 0.15) is 5.75 Å². The molecule has 0 amide bonds. The third-order valence-corrected chi connectivity index (χ3v) is 6.52. The first-order valence-corrected chi connectivity index (χ1v) is 14.6. The van der Waals surface area contributed by atoms with Crippen LogP contribution in [0, 0.1) is 20.8 Å². The van der Waals surface area contributed by atoms with Gasteiger partial charge < -0.3 is 5.11 Å². The number of hydrogen-bond acceptors (Lipinski definition) is 2. The van der Waals surface area contributed by atoms with Crippen LogP contribution in [0.25, 0.3) is 0 Å². The molecule has 1 unspecified atom stereocenters. The van der Waals surface area contributed by atoms with Gasteiger partial charge in [0.25, 0.3) is 0 Å². The summed E-state index contributed by atoms with van der Waals surface area (Å²) in [5.74, 6) is 0.464. The molecule has 2 aromatic carbocycles. The average molecular weight is 460 g/mol. The molecule has 6 heteroatoms. The van der Waals surface area contributed by atoms with Crippen LogP contribution in [0.2, 0.25) is 0 Å². The number of halogens is 2. The van der Waals surface area contributed by atoms with Gasteiger partial charge in [0, 0.05) is 11.8 Å². The SMILES string of the molecule is Cc1cc(C)c(O)c(Pc2c(C)cccc2CN2CCCCC2)c1.[Cl][Ti][Cl]. The van der Waals surface area contributed by atoms with E-state index in [1.54, 1.807) is 0 Å². The van der Waals surface area contributed by atoms with E-state index in [0.717, 1.165) is 17.4 Å². The minimum absolute atomic E-state index is 0.464. The number of phenolic OH excluding ortho intramolecular Hbond substituents is 1. The van der Waals surface area contributed by atoms with Crippen LogP contribution in [0.1, 0.15) is 41.5 Å². The molecule has 1 saturated heterocycles. The Bertz CT molecular complexity index is 751. The molecule has 27 heavy (non-hydrogen) atoms. The topological polar surface area (TPSA) is 23.5 Å². The molecule has 0 saturated carbocycles. The van der Waals surface area contributed by atoms with Crippen LogP contribution in [0.4, 0.5) is 0 Å². The predicted molar refractivity (Wildman–Crippen MR) is 117 cm³/mol. The van der Waals surface area contributed by atoms with Gasteiger partial charge in [0.2, 0.25) is 0 Å². The zero-order chi connectivity index (χ0) is 19.8. The zero-order valence-electron chi connectivity index (χ0n) is 16.3. The van der Waals surface area contributed by atoms with Crippen molar-refractivity contribution in [1.29, 1.82) is 0 Å². The summed E-state index contributed by atoms with van der Waals surface area (Å²) in [4.78, 5) is 2.58. The molecule has 0 radical (unpaired) electrons. The van der Waals surface area contributed by atoms with Crippen molar-refractivity contribution in [3.05, 3.63) is 52.6 Å². The molecular formula is C21H28Cl2NOPTi. The van der Waals surface area contributed by atoms with Crippen molar-refractivity contribution in [2.24, 2.45) is 0 Å². The fraction of sp³-hybridized carbons (Fsp3) is 0.429. The van der Waals surface area contributed by atoms with E-state index in [0.29, 0.717) is 14.3 Å². The number of rotatable bonds is 4. The first kappa shape index (κ1) is 23.2. The van der Waals surface area contributed by atoms with Crippen molar-refractivity contribution in [3.63, 3.8) is 0 Å². The molecule has 0 bridgehead atoms. The van der Waals surface area contributed by atoms with E-state index < -0.39 is 17.0 Å². The number of aryl methyl sites for hydroxylation is 3. The molecule has 1 aliphatic heterocycles. The molecule has 1 atom stereocenters. The van der Waals surface area contributed by atoms with Gasteiger partial charge in [-0.3, -0.25) is 4.90 Å². The van der Waals surface area contributed by atoms with E-state index in [-0.39, 0.29) is 0 Å². The van der Waals surface area contributed by atoms with Crippen molar-refractivity contribution >= 4 is 37.8 Å². The second-order valence-electron chi connectivity index (χ2n) is 7.12. The Kier molecular flexibility index (Phi) is 10.2. The molecule has 2 aromatic rings. The standard InChI is InChI=1S/C21H28NOP.2ClH.Ti/c1-15-12-17(3)20(23)19(13-15)24-21-16(2)8-7-9-18(21)14-22-10-5-4-6-11-22;;;/h7-9,12-13,23-24H,4-6,10-11,14H2,1-3H3;2*1H;/q;;;+2/p-2. The quantitative estimate of drug-likeness (QED) is 0.494. The maximum absolute atomic E-state index is 10.5. The molecule has 1 heterocycles. The molecular weight excluding hydrogens is 432 g/mol. The van der Waals surface area contributed by atoms with E-state index in [1.807, 2.05) is 6.92 Å². The van der Waals surface area contributed by atoms with Crippen molar-refractivity contribution in [3.8, 4) is 5.75 Å². The maximum atomic E-state index is 10.5. The van der Waals surface area contributed by atoms with Gasteiger partial charge in [-0.15, -0.1) is 0 Å². The van der Waals surface area contributed by atoms with Gasteiger partial charge >= 0.3 is 35.6 Å². The molecule has 0 aromatic heterocycles. The Morgan fingerprint density at radius 1 is 1.04 bits per heavy atom. The van der Waals surface area contributed by atoms with Crippen molar-refractivity contribution in [1.82, 2.24) is 4.90 Å². The van der Waals surface area contributed by atoms with Crippen molar-refractivity contribution in [2.45, 2.75) is 46.6 Å². The predicted octanol–water partition coefficient (Wildman–Crippen LogP) is 5.31.